The number of nitrogens with one attached hydrogen (secondary N) is 1. The largest absolute Gasteiger partial charge is 0.495 e. The SMILES string of the molecule is COc1ccc(NS(=O)(=O)c2cccc3nsnc23)cc1N1CCN(C)CC1. The normalized spacial score (nSPS) is 15.7. The molecule has 0 atom stereocenters. The van der Waals surface area contributed by atoms with Crippen molar-refractivity contribution in [2.24, 2.45) is 0 Å². The summed E-state index contributed by atoms with van der Waals surface area (Å²) in [5, 5.41) is 0. The number of fused-ring (bicyclic) bond motifs is 1. The first kappa shape index (κ1) is 18.9. The van der Waals surface area contributed by atoms with Crippen molar-refractivity contribution in [3.8, 4) is 5.75 Å². The zero-order valence-corrected chi connectivity index (χ0v) is 17.3. The second-order valence-corrected chi connectivity index (χ2v) is 8.85. The molecule has 0 unspecified atom stereocenters. The highest BCUT2D eigenvalue weighted by atomic mass is 32.2. The standard InChI is InChI=1S/C18H21N5O3S2/c1-22-8-10-23(11-9-22)15-12-13(6-7-16(15)26-2)21-28(24,25)17-5-3-4-14-18(17)20-27-19-14/h3-7,12,21H,8-11H2,1-2H3. The van der Waals surface area contributed by atoms with E-state index in [1.54, 1.807) is 31.4 Å². The van der Waals surface area contributed by atoms with Gasteiger partial charge in [0.2, 0.25) is 0 Å². The van der Waals surface area contributed by atoms with Crippen molar-refractivity contribution in [2.75, 3.05) is 50.0 Å². The maximum atomic E-state index is 13.0. The van der Waals surface area contributed by atoms with Gasteiger partial charge in [-0.25, -0.2) is 8.42 Å². The van der Waals surface area contributed by atoms with Gasteiger partial charge in [0.25, 0.3) is 10.0 Å². The average molecular weight is 420 g/mol. The predicted octanol–water partition coefficient (Wildman–Crippen LogP) is 2.25. The molecule has 1 N–H and O–H groups in total. The van der Waals surface area contributed by atoms with E-state index in [0.29, 0.717) is 16.7 Å². The lowest BCUT2D eigenvalue weighted by Crippen LogP contribution is -2.44. The van der Waals surface area contributed by atoms with Crippen LogP contribution in [0.1, 0.15) is 0 Å². The number of hydrogen-bond acceptors (Lipinski definition) is 8. The Hall–Kier alpha value is -2.43. The second kappa shape index (κ2) is 7.53. The first-order valence-corrected chi connectivity index (χ1v) is 11.0. The van der Waals surface area contributed by atoms with Crippen LogP contribution >= 0.6 is 11.7 Å². The van der Waals surface area contributed by atoms with Crippen molar-refractivity contribution >= 4 is 44.2 Å². The van der Waals surface area contributed by atoms with Crippen molar-refractivity contribution in [2.45, 2.75) is 4.90 Å². The summed E-state index contributed by atoms with van der Waals surface area (Å²) in [6.45, 7) is 3.59. The summed E-state index contributed by atoms with van der Waals surface area (Å²) in [6.07, 6.45) is 0. The summed E-state index contributed by atoms with van der Waals surface area (Å²) in [4.78, 5) is 4.59. The van der Waals surface area contributed by atoms with Crippen molar-refractivity contribution in [1.82, 2.24) is 13.6 Å². The Balaban J connectivity index is 1.66. The fraction of sp³-hybridized carbons (Fsp3) is 0.333. The van der Waals surface area contributed by atoms with Crippen LogP contribution in [0, 0.1) is 0 Å². The molecule has 3 aromatic rings. The zero-order valence-electron chi connectivity index (χ0n) is 15.6. The van der Waals surface area contributed by atoms with Crippen molar-refractivity contribution in [1.29, 1.82) is 0 Å². The van der Waals surface area contributed by atoms with Crippen LogP contribution in [0.3, 0.4) is 0 Å². The number of rotatable bonds is 5. The molecule has 4 rings (SSSR count). The van der Waals surface area contributed by atoms with Crippen LogP contribution in [0.4, 0.5) is 11.4 Å². The van der Waals surface area contributed by atoms with Gasteiger partial charge in [0.05, 0.1) is 30.2 Å². The van der Waals surface area contributed by atoms with Gasteiger partial charge >= 0.3 is 0 Å². The Labute approximate surface area is 168 Å². The zero-order chi connectivity index (χ0) is 19.7. The van der Waals surface area contributed by atoms with Gasteiger partial charge in [-0.05, 0) is 37.4 Å². The minimum absolute atomic E-state index is 0.121. The molecule has 1 aliphatic heterocycles. The van der Waals surface area contributed by atoms with Crippen LogP contribution in [0.15, 0.2) is 41.3 Å². The van der Waals surface area contributed by atoms with Crippen molar-refractivity contribution in [3.05, 3.63) is 36.4 Å². The van der Waals surface area contributed by atoms with Crippen molar-refractivity contribution in [3.63, 3.8) is 0 Å². The molecule has 8 nitrogen and oxygen atoms in total. The molecule has 2 aromatic carbocycles. The van der Waals surface area contributed by atoms with Gasteiger partial charge in [-0.15, -0.1) is 0 Å². The number of ether oxygens (including phenoxy) is 1. The molecule has 148 valence electrons. The summed E-state index contributed by atoms with van der Waals surface area (Å²) in [7, 11) is -0.0890. The van der Waals surface area contributed by atoms with Crippen molar-refractivity contribution < 1.29 is 13.2 Å². The van der Waals surface area contributed by atoms with Crippen LogP contribution < -0.4 is 14.4 Å². The smallest absolute Gasteiger partial charge is 0.264 e. The monoisotopic (exact) mass is 419 g/mol. The molecule has 0 spiro atoms. The predicted molar refractivity (Wildman–Crippen MR) is 111 cm³/mol. The van der Waals surface area contributed by atoms with Gasteiger partial charge < -0.3 is 14.5 Å². The Morgan fingerprint density at radius 3 is 2.64 bits per heavy atom. The third kappa shape index (κ3) is 3.62. The van der Waals surface area contributed by atoms with Gasteiger partial charge in [-0.3, -0.25) is 4.72 Å². The molecule has 0 radical (unpaired) electrons. The van der Waals surface area contributed by atoms with Gasteiger partial charge in [0.15, 0.2) is 0 Å². The van der Waals surface area contributed by atoms with Crippen LogP contribution in [0.2, 0.25) is 0 Å². The lowest BCUT2D eigenvalue weighted by Gasteiger charge is -2.35. The molecular formula is C18H21N5O3S2. The molecule has 10 heteroatoms. The summed E-state index contributed by atoms with van der Waals surface area (Å²) < 4.78 is 42.4. The molecule has 1 aromatic heterocycles. The van der Waals surface area contributed by atoms with Crippen LogP contribution in [-0.4, -0.2) is 62.4 Å². The third-order valence-electron chi connectivity index (χ3n) is 4.81. The maximum absolute atomic E-state index is 13.0. The van der Waals surface area contributed by atoms with Crippen LogP contribution in [-0.2, 0) is 10.0 Å². The van der Waals surface area contributed by atoms with E-state index >= 15 is 0 Å². The highest BCUT2D eigenvalue weighted by Crippen LogP contribution is 2.33. The Kier molecular flexibility index (Phi) is 5.09. The molecular weight excluding hydrogens is 398 g/mol. The van der Waals surface area contributed by atoms with E-state index in [1.165, 1.54) is 6.07 Å². The maximum Gasteiger partial charge on any atom is 0.264 e. The minimum Gasteiger partial charge on any atom is -0.495 e. The van der Waals surface area contributed by atoms with E-state index in [-0.39, 0.29) is 4.90 Å². The number of sulfonamides is 1. The summed E-state index contributed by atoms with van der Waals surface area (Å²) >= 11 is 0.996. The summed E-state index contributed by atoms with van der Waals surface area (Å²) in [6, 6.07) is 10.3. The lowest BCUT2D eigenvalue weighted by atomic mass is 10.2. The average Bonchev–Trinajstić information content (AvgIpc) is 3.17. The number of likely N-dealkylation sites (N-methyl/N-ethyl adjacent to an activating group) is 1. The van der Waals surface area contributed by atoms with Crippen LogP contribution in [0.25, 0.3) is 11.0 Å². The third-order valence-corrected chi connectivity index (χ3v) is 6.77. The molecule has 28 heavy (non-hydrogen) atoms. The molecule has 1 aliphatic rings. The molecule has 0 aliphatic carbocycles. The first-order chi connectivity index (χ1) is 13.5. The van der Waals surface area contributed by atoms with E-state index in [2.05, 4.69) is 30.3 Å². The van der Waals surface area contributed by atoms with E-state index in [4.69, 9.17) is 4.74 Å². The number of nitrogens with zero attached hydrogens (tertiary/aromatic N) is 4. The minimum atomic E-state index is -3.80. The summed E-state index contributed by atoms with van der Waals surface area (Å²) in [5.74, 6) is 0.721. The van der Waals surface area contributed by atoms with Gasteiger partial charge in [-0.2, -0.15) is 8.75 Å². The summed E-state index contributed by atoms with van der Waals surface area (Å²) in [5.41, 5.74) is 2.31. The quantitative estimate of drug-likeness (QED) is 0.679. The molecule has 0 bridgehead atoms. The Morgan fingerprint density at radius 1 is 1.11 bits per heavy atom. The number of piperazine rings is 1. The number of aromatic nitrogens is 2. The number of methoxy groups -OCH3 is 1. The number of hydrogen-bond donors (Lipinski definition) is 1. The first-order valence-electron chi connectivity index (χ1n) is 8.83. The number of benzene rings is 2. The fourth-order valence-corrected chi connectivity index (χ4v) is 5.07. The number of anilines is 2. The van der Waals surface area contributed by atoms with Gasteiger partial charge in [0.1, 0.15) is 21.7 Å². The highest BCUT2D eigenvalue weighted by Gasteiger charge is 2.22. The molecule has 2 heterocycles. The van der Waals surface area contributed by atoms with E-state index in [1.807, 2.05) is 6.07 Å². The topological polar surface area (TPSA) is 87.7 Å². The molecule has 0 amide bonds. The van der Waals surface area contributed by atoms with E-state index in [9.17, 15) is 8.42 Å². The fourth-order valence-electron chi connectivity index (χ4n) is 3.26. The Morgan fingerprint density at radius 2 is 1.89 bits per heavy atom. The Bertz CT molecular complexity index is 1090. The highest BCUT2D eigenvalue weighted by molar-refractivity contribution is 7.93. The van der Waals surface area contributed by atoms with E-state index in [0.717, 1.165) is 49.3 Å². The lowest BCUT2D eigenvalue weighted by molar-refractivity contribution is 0.311. The molecule has 1 saturated heterocycles. The van der Waals surface area contributed by atoms with Gasteiger partial charge in [-0.1, -0.05) is 6.07 Å². The van der Waals surface area contributed by atoms with Crippen LogP contribution in [0.5, 0.6) is 5.75 Å². The van der Waals surface area contributed by atoms with E-state index < -0.39 is 10.0 Å². The molecule has 1 fully saturated rings. The second-order valence-electron chi connectivity index (χ2n) is 6.67. The van der Waals surface area contributed by atoms with Gasteiger partial charge in [0, 0.05) is 26.2 Å². The molecule has 0 saturated carbocycles.